The Kier molecular flexibility index (Phi) is 7.47. The number of unbranched alkanes of at least 4 members (excludes halogenated alkanes) is 1. The van der Waals surface area contributed by atoms with Crippen LogP contribution in [0.3, 0.4) is 0 Å². The Balaban J connectivity index is 2.18. The molecule has 0 radical (unpaired) electrons. The van der Waals surface area contributed by atoms with Gasteiger partial charge in [-0.3, -0.25) is 4.79 Å². The number of methoxy groups -OCH3 is 1. The maximum absolute atomic E-state index is 11.5. The molecule has 0 spiro atoms. The zero-order valence-electron chi connectivity index (χ0n) is 11.8. The van der Waals surface area contributed by atoms with Gasteiger partial charge in [0.2, 0.25) is 5.91 Å². The Morgan fingerprint density at radius 3 is 2.63 bits per heavy atom. The summed E-state index contributed by atoms with van der Waals surface area (Å²) in [6.45, 7) is 3.39. The summed E-state index contributed by atoms with van der Waals surface area (Å²) in [5.41, 5.74) is 0. The van der Waals surface area contributed by atoms with Gasteiger partial charge in [0.1, 0.15) is 0 Å². The molecule has 4 heteroatoms. The Morgan fingerprint density at radius 2 is 1.95 bits per heavy atom. The maximum atomic E-state index is 11.5. The Morgan fingerprint density at radius 1 is 1.21 bits per heavy atom. The van der Waals surface area contributed by atoms with E-state index >= 15 is 0 Å². The number of hydrogen-bond donors (Lipinski definition) is 1. The van der Waals surface area contributed by atoms with Gasteiger partial charge < -0.3 is 14.8 Å². The normalized spacial score (nSPS) is 10.0. The quantitative estimate of drug-likeness (QED) is 0.698. The largest absolute Gasteiger partial charge is 0.493 e. The second kappa shape index (κ2) is 9.25. The lowest BCUT2D eigenvalue weighted by Crippen LogP contribution is -2.24. The zero-order chi connectivity index (χ0) is 13.9. The number of carbonyl (C=O) groups is 1. The lowest BCUT2D eigenvalue weighted by Gasteiger charge is -2.10. The van der Waals surface area contributed by atoms with Crippen LogP contribution in [0.15, 0.2) is 24.3 Å². The van der Waals surface area contributed by atoms with E-state index in [1.807, 2.05) is 24.3 Å². The Labute approximate surface area is 115 Å². The zero-order valence-corrected chi connectivity index (χ0v) is 11.8. The third-order valence-electron chi connectivity index (χ3n) is 2.73. The van der Waals surface area contributed by atoms with Gasteiger partial charge in [-0.2, -0.15) is 0 Å². The number of hydrogen-bond acceptors (Lipinski definition) is 3. The first-order chi connectivity index (χ1) is 9.27. The predicted octanol–water partition coefficient (Wildman–Crippen LogP) is 2.77. The standard InChI is InChI=1S/C15H23NO3/c1-3-4-11-16-15(17)10-7-12-19-14-9-6-5-8-13(14)18-2/h5-6,8-9H,3-4,7,10-12H2,1-2H3,(H,16,17). The van der Waals surface area contributed by atoms with Crippen molar-refractivity contribution in [3.8, 4) is 11.5 Å². The van der Waals surface area contributed by atoms with Crippen molar-refractivity contribution in [3.05, 3.63) is 24.3 Å². The molecule has 0 fully saturated rings. The minimum Gasteiger partial charge on any atom is -0.493 e. The fraction of sp³-hybridized carbons (Fsp3) is 0.533. The minimum atomic E-state index is 0.0945. The van der Waals surface area contributed by atoms with Gasteiger partial charge in [-0.05, 0) is 25.0 Å². The summed E-state index contributed by atoms with van der Waals surface area (Å²) in [6.07, 6.45) is 3.33. The van der Waals surface area contributed by atoms with Crippen molar-refractivity contribution in [3.63, 3.8) is 0 Å². The van der Waals surface area contributed by atoms with Crippen LogP contribution in [-0.4, -0.2) is 26.2 Å². The number of benzene rings is 1. The summed E-state index contributed by atoms with van der Waals surface area (Å²) >= 11 is 0. The molecule has 1 aromatic rings. The van der Waals surface area contributed by atoms with E-state index in [-0.39, 0.29) is 5.91 Å². The summed E-state index contributed by atoms with van der Waals surface area (Å²) in [5.74, 6) is 1.53. The molecule has 0 unspecified atom stereocenters. The highest BCUT2D eigenvalue weighted by Crippen LogP contribution is 2.25. The first-order valence-corrected chi connectivity index (χ1v) is 6.80. The highest BCUT2D eigenvalue weighted by atomic mass is 16.5. The van der Waals surface area contributed by atoms with Crippen LogP contribution in [0.25, 0.3) is 0 Å². The average Bonchev–Trinajstić information content (AvgIpc) is 2.44. The second-order valence-corrected chi connectivity index (χ2v) is 4.31. The highest BCUT2D eigenvalue weighted by Gasteiger charge is 2.04. The van der Waals surface area contributed by atoms with Gasteiger partial charge in [-0.1, -0.05) is 25.5 Å². The van der Waals surface area contributed by atoms with Gasteiger partial charge in [-0.15, -0.1) is 0 Å². The Hall–Kier alpha value is -1.71. The van der Waals surface area contributed by atoms with Crippen molar-refractivity contribution in [1.29, 1.82) is 0 Å². The van der Waals surface area contributed by atoms with E-state index < -0.39 is 0 Å². The van der Waals surface area contributed by atoms with Crippen LogP contribution in [0.2, 0.25) is 0 Å². The van der Waals surface area contributed by atoms with E-state index in [0.717, 1.165) is 30.9 Å². The molecule has 0 saturated carbocycles. The summed E-state index contributed by atoms with van der Waals surface area (Å²) in [5, 5.41) is 2.89. The molecule has 106 valence electrons. The van der Waals surface area contributed by atoms with Gasteiger partial charge in [0, 0.05) is 13.0 Å². The summed E-state index contributed by atoms with van der Waals surface area (Å²) in [7, 11) is 1.61. The molecule has 0 saturated heterocycles. The lowest BCUT2D eigenvalue weighted by atomic mass is 10.3. The number of para-hydroxylation sites is 2. The lowest BCUT2D eigenvalue weighted by molar-refractivity contribution is -0.121. The maximum Gasteiger partial charge on any atom is 0.220 e. The fourth-order valence-electron chi connectivity index (χ4n) is 1.65. The summed E-state index contributed by atoms with van der Waals surface area (Å²) in [4.78, 5) is 11.5. The summed E-state index contributed by atoms with van der Waals surface area (Å²) in [6, 6.07) is 7.51. The molecular weight excluding hydrogens is 242 g/mol. The third kappa shape index (κ3) is 6.13. The number of nitrogens with one attached hydrogen (secondary N) is 1. The average molecular weight is 265 g/mol. The van der Waals surface area contributed by atoms with Crippen LogP contribution in [0.4, 0.5) is 0 Å². The van der Waals surface area contributed by atoms with Crippen LogP contribution >= 0.6 is 0 Å². The van der Waals surface area contributed by atoms with Crippen LogP contribution in [0, 0.1) is 0 Å². The van der Waals surface area contributed by atoms with Crippen LogP contribution in [0.1, 0.15) is 32.6 Å². The molecule has 0 atom stereocenters. The van der Waals surface area contributed by atoms with Gasteiger partial charge in [0.25, 0.3) is 0 Å². The van der Waals surface area contributed by atoms with Crippen LogP contribution in [0.5, 0.6) is 11.5 Å². The van der Waals surface area contributed by atoms with E-state index in [2.05, 4.69) is 12.2 Å². The molecular formula is C15H23NO3. The first-order valence-electron chi connectivity index (χ1n) is 6.80. The molecule has 0 aliphatic carbocycles. The monoisotopic (exact) mass is 265 g/mol. The molecule has 1 amide bonds. The molecule has 0 bridgehead atoms. The van der Waals surface area contributed by atoms with Gasteiger partial charge in [0.05, 0.1) is 13.7 Å². The topological polar surface area (TPSA) is 47.6 Å². The van der Waals surface area contributed by atoms with Gasteiger partial charge >= 0.3 is 0 Å². The number of rotatable bonds is 9. The van der Waals surface area contributed by atoms with E-state index in [4.69, 9.17) is 9.47 Å². The van der Waals surface area contributed by atoms with E-state index in [9.17, 15) is 4.79 Å². The number of amides is 1. The van der Waals surface area contributed by atoms with Crippen molar-refractivity contribution >= 4 is 5.91 Å². The van der Waals surface area contributed by atoms with Gasteiger partial charge in [0.15, 0.2) is 11.5 Å². The number of ether oxygens (including phenoxy) is 2. The van der Waals surface area contributed by atoms with Crippen molar-refractivity contribution in [2.24, 2.45) is 0 Å². The minimum absolute atomic E-state index is 0.0945. The summed E-state index contributed by atoms with van der Waals surface area (Å²) < 4.78 is 10.8. The van der Waals surface area contributed by atoms with E-state index in [0.29, 0.717) is 19.4 Å². The molecule has 1 aromatic carbocycles. The fourth-order valence-corrected chi connectivity index (χ4v) is 1.65. The van der Waals surface area contributed by atoms with E-state index in [1.54, 1.807) is 7.11 Å². The molecule has 1 rings (SSSR count). The van der Waals surface area contributed by atoms with Crippen molar-refractivity contribution in [2.75, 3.05) is 20.3 Å². The predicted molar refractivity (Wildman–Crippen MR) is 75.6 cm³/mol. The third-order valence-corrected chi connectivity index (χ3v) is 2.73. The molecule has 0 aromatic heterocycles. The van der Waals surface area contributed by atoms with Crippen molar-refractivity contribution < 1.29 is 14.3 Å². The molecule has 1 N–H and O–H groups in total. The van der Waals surface area contributed by atoms with Gasteiger partial charge in [-0.25, -0.2) is 0 Å². The molecule has 0 heterocycles. The van der Waals surface area contributed by atoms with Crippen LogP contribution in [-0.2, 0) is 4.79 Å². The molecule has 0 aliphatic heterocycles. The van der Waals surface area contributed by atoms with Crippen molar-refractivity contribution in [2.45, 2.75) is 32.6 Å². The van der Waals surface area contributed by atoms with E-state index in [1.165, 1.54) is 0 Å². The smallest absolute Gasteiger partial charge is 0.220 e. The molecule has 19 heavy (non-hydrogen) atoms. The first kappa shape index (κ1) is 15.3. The second-order valence-electron chi connectivity index (χ2n) is 4.31. The SMILES string of the molecule is CCCCNC(=O)CCCOc1ccccc1OC. The Bertz CT molecular complexity index is 379. The number of carbonyl (C=O) groups excluding carboxylic acids is 1. The van der Waals surface area contributed by atoms with Crippen molar-refractivity contribution in [1.82, 2.24) is 5.32 Å². The highest BCUT2D eigenvalue weighted by molar-refractivity contribution is 5.75. The van der Waals surface area contributed by atoms with Crippen LogP contribution < -0.4 is 14.8 Å². The molecule has 4 nitrogen and oxygen atoms in total. The molecule has 0 aliphatic rings.